The Morgan fingerprint density at radius 2 is 1.62 bits per heavy atom. The van der Waals surface area contributed by atoms with Crippen molar-refractivity contribution in [1.82, 2.24) is 0 Å². The smallest absolute Gasteiger partial charge is 0.264 e. The lowest BCUT2D eigenvalue weighted by molar-refractivity contribution is 0.166. The molecular weight excluding hydrogens is 322 g/mol. The van der Waals surface area contributed by atoms with Crippen molar-refractivity contribution in [2.24, 2.45) is 0 Å². The maximum atomic E-state index is 13.3. The van der Waals surface area contributed by atoms with Gasteiger partial charge in [-0.1, -0.05) is 35.4 Å². The van der Waals surface area contributed by atoms with Crippen molar-refractivity contribution in [2.45, 2.75) is 45.1 Å². The minimum Gasteiger partial charge on any atom is -0.388 e. The number of nitrogens with zero attached hydrogens (tertiary/aromatic N) is 1. The fourth-order valence-electron chi connectivity index (χ4n) is 3.62. The van der Waals surface area contributed by atoms with E-state index in [4.69, 9.17) is 0 Å². The van der Waals surface area contributed by atoms with E-state index < -0.39 is 16.1 Å². The first kappa shape index (κ1) is 17.0. The third-order valence-electron chi connectivity index (χ3n) is 4.57. The molecular formula is C19H23NO3S. The molecule has 2 aromatic carbocycles. The van der Waals surface area contributed by atoms with E-state index in [0.29, 0.717) is 22.6 Å². The van der Waals surface area contributed by atoms with Gasteiger partial charge < -0.3 is 5.11 Å². The van der Waals surface area contributed by atoms with Crippen LogP contribution >= 0.6 is 0 Å². The quantitative estimate of drug-likeness (QED) is 0.905. The zero-order valence-corrected chi connectivity index (χ0v) is 15.3. The highest BCUT2D eigenvalue weighted by Gasteiger charge is 2.34. The van der Waals surface area contributed by atoms with Crippen LogP contribution in [0.4, 0.5) is 5.69 Å². The lowest BCUT2D eigenvalue weighted by Crippen LogP contribution is -2.37. The van der Waals surface area contributed by atoms with Crippen LogP contribution in [0.15, 0.2) is 35.2 Å². The lowest BCUT2D eigenvalue weighted by atomic mass is 9.99. The number of anilines is 1. The Kier molecular flexibility index (Phi) is 4.18. The molecule has 0 aromatic heterocycles. The third-order valence-corrected chi connectivity index (χ3v) is 6.69. The molecule has 1 aliphatic heterocycles. The molecule has 2 aromatic rings. The largest absolute Gasteiger partial charge is 0.388 e. The molecule has 0 aliphatic carbocycles. The van der Waals surface area contributed by atoms with Crippen molar-refractivity contribution in [1.29, 1.82) is 0 Å². The lowest BCUT2D eigenvalue weighted by Gasteiger charge is -2.34. The molecule has 128 valence electrons. The van der Waals surface area contributed by atoms with Gasteiger partial charge in [0.1, 0.15) is 0 Å². The van der Waals surface area contributed by atoms with Crippen molar-refractivity contribution in [3.63, 3.8) is 0 Å². The number of fused-ring (bicyclic) bond motifs is 1. The molecule has 0 saturated carbocycles. The molecule has 1 N–H and O–H groups in total. The number of aryl methyl sites for hydroxylation is 4. The topological polar surface area (TPSA) is 57.6 Å². The number of aliphatic hydroxyl groups excluding tert-OH is 1. The summed E-state index contributed by atoms with van der Waals surface area (Å²) in [7, 11) is -3.67. The van der Waals surface area contributed by atoms with E-state index >= 15 is 0 Å². The molecule has 1 unspecified atom stereocenters. The molecule has 1 heterocycles. The molecule has 4 nitrogen and oxygen atoms in total. The monoisotopic (exact) mass is 345 g/mol. The van der Waals surface area contributed by atoms with E-state index in [1.807, 2.05) is 52.0 Å². The number of benzene rings is 2. The summed E-state index contributed by atoms with van der Waals surface area (Å²) in [5, 5.41) is 10.3. The van der Waals surface area contributed by atoms with Gasteiger partial charge in [-0.2, -0.15) is 0 Å². The summed E-state index contributed by atoms with van der Waals surface area (Å²) in [6, 6.07) is 9.34. The van der Waals surface area contributed by atoms with Gasteiger partial charge in [-0.05, 0) is 51.3 Å². The second-order valence-electron chi connectivity index (χ2n) is 6.67. The van der Waals surface area contributed by atoms with Crippen LogP contribution in [0.2, 0.25) is 0 Å². The predicted molar refractivity (Wildman–Crippen MR) is 95.9 cm³/mol. The van der Waals surface area contributed by atoms with Crippen molar-refractivity contribution in [2.75, 3.05) is 10.8 Å². The molecule has 24 heavy (non-hydrogen) atoms. The molecule has 0 bridgehead atoms. The van der Waals surface area contributed by atoms with E-state index in [1.165, 1.54) is 4.31 Å². The summed E-state index contributed by atoms with van der Waals surface area (Å²) < 4.78 is 28.1. The van der Waals surface area contributed by atoms with Crippen LogP contribution in [0.3, 0.4) is 0 Å². The normalized spacial score (nSPS) is 17.7. The zero-order chi connectivity index (χ0) is 17.6. The van der Waals surface area contributed by atoms with Crippen LogP contribution in [0, 0.1) is 27.7 Å². The van der Waals surface area contributed by atoms with Gasteiger partial charge in [0.05, 0.1) is 16.7 Å². The van der Waals surface area contributed by atoms with Crippen molar-refractivity contribution in [3.8, 4) is 0 Å². The number of rotatable bonds is 2. The van der Waals surface area contributed by atoms with Crippen LogP contribution in [0.1, 0.15) is 40.3 Å². The Bertz CT molecular complexity index is 880. The Morgan fingerprint density at radius 3 is 2.25 bits per heavy atom. The highest BCUT2D eigenvalue weighted by molar-refractivity contribution is 7.93. The molecule has 3 rings (SSSR count). The maximum absolute atomic E-state index is 13.3. The summed E-state index contributed by atoms with van der Waals surface area (Å²) in [5.41, 5.74) is 4.84. The number of sulfonamides is 1. The molecule has 5 heteroatoms. The second-order valence-corrected chi connectivity index (χ2v) is 8.47. The first-order valence-corrected chi connectivity index (χ1v) is 9.55. The van der Waals surface area contributed by atoms with Gasteiger partial charge in [0.25, 0.3) is 10.0 Å². The van der Waals surface area contributed by atoms with Gasteiger partial charge in [0.15, 0.2) is 0 Å². The molecule has 0 saturated heterocycles. The van der Waals surface area contributed by atoms with Gasteiger partial charge in [0.2, 0.25) is 0 Å². The van der Waals surface area contributed by atoms with Gasteiger partial charge in [-0.15, -0.1) is 0 Å². The summed E-state index contributed by atoms with van der Waals surface area (Å²) in [6.07, 6.45) is -0.217. The minimum atomic E-state index is -3.67. The molecule has 1 aliphatic rings. The maximum Gasteiger partial charge on any atom is 0.264 e. The molecule has 0 spiro atoms. The van der Waals surface area contributed by atoms with Crippen LogP contribution in [-0.2, 0) is 10.0 Å². The predicted octanol–water partition coefficient (Wildman–Crippen LogP) is 3.55. The van der Waals surface area contributed by atoms with E-state index in [-0.39, 0.29) is 6.54 Å². The van der Waals surface area contributed by atoms with Crippen molar-refractivity contribution in [3.05, 3.63) is 58.1 Å². The fraction of sp³-hybridized carbons (Fsp3) is 0.368. The highest BCUT2D eigenvalue weighted by Crippen LogP contribution is 2.38. The summed E-state index contributed by atoms with van der Waals surface area (Å²) >= 11 is 0. The fourth-order valence-corrected chi connectivity index (χ4v) is 5.54. The second kappa shape index (κ2) is 5.90. The Hall–Kier alpha value is -1.85. The van der Waals surface area contributed by atoms with E-state index in [9.17, 15) is 13.5 Å². The average Bonchev–Trinajstić information content (AvgIpc) is 2.46. The summed E-state index contributed by atoms with van der Waals surface area (Å²) in [4.78, 5) is 0.371. The summed E-state index contributed by atoms with van der Waals surface area (Å²) in [5.74, 6) is 0. The number of hydrogen-bond donors (Lipinski definition) is 1. The van der Waals surface area contributed by atoms with Crippen LogP contribution < -0.4 is 4.31 Å². The molecule has 0 amide bonds. The van der Waals surface area contributed by atoms with Gasteiger partial charge in [-0.25, -0.2) is 8.42 Å². The van der Waals surface area contributed by atoms with Crippen LogP contribution in [0.25, 0.3) is 0 Å². The van der Waals surface area contributed by atoms with Crippen molar-refractivity contribution < 1.29 is 13.5 Å². The molecule has 1 atom stereocenters. The third kappa shape index (κ3) is 2.72. The van der Waals surface area contributed by atoms with E-state index in [2.05, 4.69) is 0 Å². The average molecular weight is 345 g/mol. The van der Waals surface area contributed by atoms with E-state index in [1.54, 1.807) is 6.07 Å². The highest BCUT2D eigenvalue weighted by atomic mass is 32.2. The first-order valence-electron chi connectivity index (χ1n) is 8.11. The first-order chi connectivity index (χ1) is 11.2. The Labute approximate surface area is 143 Å². The van der Waals surface area contributed by atoms with Crippen LogP contribution in [0.5, 0.6) is 0 Å². The SMILES string of the molecule is Cc1cc(C)c(S(=O)(=O)N2CCC(O)c3cc(C)ccc32)c(C)c1. The molecule has 0 radical (unpaired) electrons. The van der Waals surface area contributed by atoms with Crippen LogP contribution in [-0.4, -0.2) is 20.1 Å². The van der Waals surface area contributed by atoms with Gasteiger partial charge in [0, 0.05) is 12.1 Å². The van der Waals surface area contributed by atoms with Gasteiger partial charge in [-0.3, -0.25) is 4.31 Å². The minimum absolute atomic E-state index is 0.284. The zero-order valence-electron chi connectivity index (χ0n) is 14.5. The number of hydrogen-bond acceptors (Lipinski definition) is 3. The molecule has 0 fully saturated rings. The Morgan fingerprint density at radius 1 is 1.00 bits per heavy atom. The standard InChI is InChI=1S/C19H23NO3S/c1-12-5-6-17-16(11-12)18(21)7-8-20(17)24(22,23)19-14(3)9-13(2)10-15(19)4/h5-6,9-11,18,21H,7-8H2,1-4H3. The van der Waals surface area contributed by atoms with Gasteiger partial charge >= 0.3 is 0 Å². The van der Waals surface area contributed by atoms with Crippen molar-refractivity contribution >= 4 is 15.7 Å². The van der Waals surface area contributed by atoms with E-state index in [0.717, 1.165) is 22.3 Å². The Balaban J connectivity index is 2.18. The summed E-state index contributed by atoms with van der Waals surface area (Å²) in [6.45, 7) is 7.86. The number of aliphatic hydroxyl groups is 1.